The fraction of sp³-hybridized carbons (Fsp3) is 1.00. The van der Waals surface area contributed by atoms with Gasteiger partial charge in [0, 0.05) is 0 Å². The molecule has 0 aromatic rings. The Kier molecular flexibility index (Phi) is 9.18. The Balaban J connectivity index is 3.43. The average molecular weight is 213 g/mol. The maximum absolute atomic E-state index is 3.53. The van der Waals surface area contributed by atoms with Gasteiger partial charge in [-0.25, -0.2) is 0 Å². The molecule has 0 radical (unpaired) electrons. The minimum absolute atomic E-state index is 0.777. The van der Waals surface area contributed by atoms with Crippen molar-refractivity contribution >= 4 is 0 Å². The van der Waals surface area contributed by atoms with E-state index in [9.17, 15) is 0 Å². The standard InChI is InChI=1S/C14H31N/c1-6-14(7-2)10-13(5)8-9-15-11-12(3)4/h12-15H,6-11H2,1-5H3. The summed E-state index contributed by atoms with van der Waals surface area (Å²) < 4.78 is 0. The van der Waals surface area contributed by atoms with Gasteiger partial charge in [-0.3, -0.25) is 0 Å². The van der Waals surface area contributed by atoms with Crippen molar-refractivity contribution in [2.45, 2.75) is 60.3 Å². The summed E-state index contributed by atoms with van der Waals surface area (Å²) in [6.07, 6.45) is 5.44. The number of hydrogen-bond donors (Lipinski definition) is 1. The summed E-state index contributed by atoms with van der Waals surface area (Å²) in [5.74, 6) is 2.61. The molecule has 0 amide bonds. The lowest BCUT2D eigenvalue weighted by Crippen LogP contribution is -2.22. The summed E-state index contributed by atoms with van der Waals surface area (Å²) >= 11 is 0. The monoisotopic (exact) mass is 213 g/mol. The van der Waals surface area contributed by atoms with Gasteiger partial charge in [0.15, 0.2) is 0 Å². The van der Waals surface area contributed by atoms with Crippen molar-refractivity contribution in [2.75, 3.05) is 13.1 Å². The van der Waals surface area contributed by atoms with E-state index in [1.54, 1.807) is 0 Å². The smallest absolute Gasteiger partial charge is 0.00258 e. The Labute approximate surface area is 97.0 Å². The molecule has 0 aromatic carbocycles. The Hall–Kier alpha value is -0.0400. The summed E-state index contributed by atoms with van der Waals surface area (Å²) in [6.45, 7) is 13.9. The normalized spacial score (nSPS) is 13.8. The van der Waals surface area contributed by atoms with Gasteiger partial charge in [0.25, 0.3) is 0 Å². The maximum atomic E-state index is 3.53. The van der Waals surface area contributed by atoms with Crippen LogP contribution in [0.4, 0.5) is 0 Å². The quantitative estimate of drug-likeness (QED) is 0.569. The third kappa shape index (κ3) is 8.92. The zero-order valence-electron chi connectivity index (χ0n) is 11.5. The topological polar surface area (TPSA) is 12.0 Å². The van der Waals surface area contributed by atoms with E-state index in [1.165, 1.54) is 32.2 Å². The zero-order valence-corrected chi connectivity index (χ0v) is 11.5. The number of nitrogens with one attached hydrogen (secondary N) is 1. The molecule has 0 aliphatic carbocycles. The van der Waals surface area contributed by atoms with E-state index in [2.05, 4.69) is 39.9 Å². The SMILES string of the molecule is CCC(CC)CC(C)CCNCC(C)C. The summed E-state index contributed by atoms with van der Waals surface area (Å²) in [5.41, 5.74) is 0. The fourth-order valence-electron chi connectivity index (χ4n) is 2.05. The van der Waals surface area contributed by atoms with Crippen molar-refractivity contribution in [3.05, 3.63) is 0 Å². The minimum atomic E-state index is 0.777. The molecule has 0 rings (SSSR count). The Morgan fingerprint density at radius 2 is 1.60 bits per heavy atom. The molecule has 0 aliphatic rings. The third-order valence-electron chi connectivity index (χ3n) is 3.26. The first-order valence-corrected chi connectivity index (χ1v) is 6.80. The van der Waals surface area contributed by atoms with Crippen molar-refractivity contribution < 1.29 is 0 Å². The average Bonchev–Trinajstić information content (AvgIpc) is 2.20. The Morgan fingerprint density at radius 3 is 2.07 bits per heavy atom. The molecule has 0 aromatic heterocycles. The second-order valence-corrected chi connectivity index (χ2v) is 5.41. The molecule has 0 fully saturated rings. The molecule has 1 unspecified atom stereocenters. The van der Waals surface area contributed by atoms with E-state index in [1.807, 2.05) is 0 Å². The first-order valence-electron chi connectivity index (χ1n) is 6.80. The van der Waals surface area contributed by atoms with Crippen molar-refractivity contribution in [1.82, 2.24) is 5.32 Å². The molecule has 1 heteroatoms. The second kappa shape index (κ2) is 9.21. The van der Waals surface area contributed by atoms with Crippen LogP contribution < -0.4 is 5.32 Å². The lowest BCUT2D eigenvalue weighted by Gasteiger charge is -2.18. The van der Waals surface area contributed by atoms with Crippen LogP contribution in [0, 0.1) is 17.8 Å². The highest BCUT2D eigenvalue weighted by Gasteiger charge is 2.09. The largest absolute Gasteiger partial charge is 0.316 e. The van der Waals surface area contributed by atoms with Crippen LogP contribution in [0.25, 0.3) is 0 Å². The van der Waals surface area contributed by atoms with Gasteiger partial charge in [0.05, 0.1) is 0 Å². The van der Waals surface area contributed by atoms with Gasteiger partial charge in [0.2, 0.25) is 0 Å². The van der Waals surface area contributed by atoms with Crippen LogP contribution in [0.1, 0.15) is 60.3 Å². The van der Waals surface area contributed by atoms with Crippen LogP contribution >= 0.6 is 0 Å². The highest BCUT2D eigenvalue weighted by Crippen LogP contribution is 2.20. The molecule has 0 aliphatic heterocycles. The zero-order chi connectivity index (χ0) is 11.7. The van der Waals surface area contributed by atoms with Crippen molar-refractivity contribution in [3.63, 3.8) is 0 Å². The number of rotatable bonds is 9. The van der Waals surface area contributed by atoms with Gasteiger partial charge in [-0.05, 0) is 43.7 Å². The van der Waals surface area contributed by atoms with Crippen LogP contribution in [-0.4, -0.2) is 13.1 Å². The van der Waals surface area contributed by atoms with Gasteiger partial charge in [-0.2, -0.15) is 0 Å². The predicted molar refractivity (Wildman–Crippen MR) is 70.2 cm³/mol. The van der Waals surface area contributed by atoms with Gasteiger partial charge in [0.1, 0.15) is 0 Å². The third-order valence-corrected chi connectivity index (χ3v) is 3.26. The van der Waals surface area contributed by atoms with Gasteiger partial charge >= 0.3 is 0 Å². The van der Waals surface area contributed by atoms with E-state index < -0.39 is 0 Å². The first-order chi connectivity index (χ1) is 7.10. The Bertz CT molecular complexity index is 127. The summed E-state index contributed by atoms with van der Waals surface area (Å²) in [7, 11) is 0. The van der Waals surface area contributed by atoms with Crippen LogP contribution in [0.3, 0.4) is 0 Å². The molecule has 0 saturated heterocycles. The van der Waals surface area contributed by atoms with E-state index >= 15 is 0 Å². The fourth-order valence-corrected chi connectivity index (χ4v) is 2.05. The molecule has 0 saturated carbocycles. The maximum Gasteiger partial charge on any atom is -0.00258 e. The van der Waals surface area contributed by atoms with Crippen molar-refractivity contribution in [1.29, 1.82) is 0 Å². The molecule has 15 heavy (non-hydrogen) atoms. The molecular weight excluding hydrogens is 182 g/mol. The highest BCUT2D eigenvalue weighted by atomic mass is 14.8. The lowest BCUT2D eigenvalue weighted by atomic mass is 9.90. The first kappa shape index (κ1) is 15.0. The second-order valence-electron chi connectivity index (χ2n) is 5.41. The minimum Gasteiger partial charge on any atom is -0.316 e. The van der Waals surface area contributed by atoms with Crippen LogP contribution in [0.15, 0.2) is 0 Å². The van der Waals surface area contributed by atoms with Gasteiger partial charge < -0.3 is 5.32 Å². The lowest BCUT2D eigenvalue weighted by molar-refractivity contribution is 0.350. The van der Waals surface area contributed by atoms with E-state index in [0.717, 1.165) is 24.3 Å². The van der Waals surface area contributed by atoms with E-state index in [0.29, 0.717) is 0 Å². The van der Waals surface area contributed by atoms with Crippen LogP contribution in [0.2, 0.25) is 0 Å². The number of hydrogen-bond acceptors (Lipinski definition) is 1. The summed E-state index contributed by atoms with van der Waals surface area (Å²) in [5, 5.41) is 3.53. The van der Waals surface area contributed by atoms with Gasteiger partial charge in [-0.1, -0.05) is 47.5 Å². The van der Waals surface area contributed by atoms with Crippen LogP contribution in [0.5, 0.6) is 0 Å². The van der Waals surface area contributed by atoms with Crippen LogP contribution in [-0.2, 0) is 0 Å². The molecule has 0 spiro atoms. The molecule has 0 heterocycles. The molecule has 1 N–H and O–H groups in total. The highest BCUT2D eigenvalue weighted by molar-refractivity contribution is 4.63. The summed E-state index contributed by atoms with van der Waals surface area (Å²) in [6, 6.07) is 0. The molecule has 92 valence electrons. The van der Waals surface area contributed by atoms with E-state index in [-0.39, 0.29) is 0 Å². The molecular formula is C14H31N. The molecule has 0 bridgehead atoms. The van der Waals surface area contributed by atoms with Gasteiger partial charge in [-0.15, -0.1) is 0 Å². The van der Waals surface area contributed by atoms with E-state index in [4.69, 9.17) is 0 Å². The van der Waals surface area contributed by atoms with Crippen molar-refractivity contribution in [3.8, 4) is 0 Å². The predicted octanol–water partition coefficient (Wildman–Crippen LogP) is 4.08. The summed E-state index contributed by atoms with van der Waals surface area (Å²) in [4.78, 5) is 0. The Morgan fingerprint density at radius 1 is 1.00 bits per heavy atom. The van der Waals surface area contributed by atoms with Crippen molar-refractivity contribution in [2.24, 2.45) is 17.8 Å². The molecule has 1 nitrogen and oxygen atoms in total. The molecule has 1 atom stereocenters.